The first kappa shape index (κ1) is 11.9. The van der Waals surface area contributed by atoms with Crippen molar-refractivity contribution in [2.75, 3.05) is 12.8 Å². The second kappa shape index (κ2) is 5.66. The van der Waals surface area contributed by atoms with E-state index < -0.39 is 0 Å². The summed E-state index contributed by atoms with van der Waals surface area (Å²) < 4.78 is 2.46. The molecule has 0 aliphatic heterocycles. The van der Waals surface area contributed by atoms with E-state index in [0.29, 0.717) is 6.04 Å². The molecule has 0 spiro atoms. The number of para-hydroxylation sites is 1. The van der Waals surface area contributed by atoms with E-state index in [1.807, 2.05) is 24.9 Å². The third kappa shape index (κ3) is 2.75. The molecule has 0 aliphatic carbocycles. The van der Waals surface area contributed by atoms with Crippen molar-refractivity contribution in [1.82, 2.24) is 10.3 Å². The van der Waals surface area contributed by atoms with Crippen LogP contribution < -0.4 is 5.32 Å². The average molecular weight is 252 g/mol. The molecule has 1 aromatic carbocycles. The molecule has 1 heterocycles. The fourth-order valence-corrected chi connectivity index (χ4v) is 3.81. The van der Waals surface area contributed by atoms with Crippen LogP contribution in [0.25, 0.3) is 10.2 Å². The molecule has 0 radical (unpaired) electrons. The molecule has 1 N–H and O–H groups in total. The summed E-state index contributed by atoms with van der Waals surface area (Å²) in [6.07, 6.45) is 1.16. The van der Waals surface area contributed by atoms with Crippen LogP contribution in [0.15, 0.2) is 28.6 Å². The van der Waals surface area contributed by atoms with Crippen LogP contribution in [0.3, 0.4) is 0 Å². The van der Waals surface area contributed by atoms with Gasteiger partial charge in [-0.15, -0.1) is 11.3 Å². The highest BCUT2D eigenvalue weighted by Gasteiger charge is 2.07. The zero-order valence-corrected chi connectivity index (χ0v) is 11.2. The van der Waals surface area contributed by atoms with Crippen LogP contribution in [0, 0.1) is 0 Å². The Morgan fingerprint density at radius 1 is 1.44 bits per heavy atom. The molecule has 1 unspecified atom stereocenters. The lowest BCUT2D eigenvalue weighted by molar-refractivity contribution is 0.602. The standard InChI is InChI=1S/C12H16N2S2/c1-3-9(13-2)8-15-12-14-10-6-4-5-7-11(10)16-12/h4-7,9,13H,3,8H2,1-2H3. The van der Waals surface area contributed by atoms with Gasteiger partial charge in [0.1, 0.15) is 0 Å². The third-order valence-corrected chi connectivity index (χ3v) is 4.93. The maximum atomic E-state index is 4.61. The van der Waals surface area contributed by atoms with Gasteiger partial charge in [-0.25, -0.2) is 4.98 Å². The number of nitrogens with one attached hydrogen (secondary N) is 1. The van der Waals surface area contributed by atoms with E-state index in [0.717, 1.165) is 17.7 Å². The maximum Gasteiger partial charge on any atom is 0.151 e. The molecule has 1 atom stereocenters. The minimum absolute atomic E-state index is 0.581. The molecule has 2 nitrogen and oxygen atoms in total. The molecular formula is C12H16N2S2. The lowest BCUT2D eigenvalue weighted by Crippen LogP contribution is -2.26. The smallest absolute Gasteiger partial charge is 0.151 e. The van der Waals surface area contributed by atoms with Gasteiger partial charge in [-0.1, -0.05) is 30.8 Å². The Kier molecular flexibility index (Phi) is 4.21. The van der Waals surface area contributed by atoms with Gasteiger partial charge >= 0.3 is 0 Å². The second-order valence-electron chi connectivity index (χ2n) is 3.65. The molecular weight excluding hydrogens is 236 g/mol. The van der Waals surface area contributed by atoms with Crippen molar-refractivity contribution in [1.29, 1.82) is 0 Å². The van der Waals surface area contributed by atoms with Crippen LogP contribution in [0.2, 0.25) is 0 Å². The zero-order valence-electron chi connectivity index (χ0n) is 9.56. The lowest BCUT2D eigenvalue weighted by Gasteiger charge is -2.11. The Hall–Kier alpha value is -0.580. The summed E-state index contributed by atoms with van der Waals surface area (Å²) in [4.78, 5) is 4.61. The van der Waals surface area contributed by atoms with E-state index in [2.05, 4.69) is 35.4 Å². The summed E-state index contributed by atoms with van der Waals surface area (Å²) in [5.74, 6) is 1.09. The Labute approximate surface area is 104 Å². The summed E-state index contributed by atoms with van der Waals surface area (Å²) >= 11 is 3.63. The van der Waals surface area contributed by atoms with Gasteiger partial charge in [0.25, 0.3) is 0 Å². The van der Waals surface area contributed by atoms with Gasteiger partial charge in [0.15, 0.2) is 4.34 Å². The third-order valence-electron chi connectivity index (χ3n) is 2.58. The first-order valence-corrected chi connectivity index (χ1v) is 7.29. The van der Waals surface area contributed by atoms with Gasteiger partial charge in [-0.3, -0.25) is 0 Å². The van der Waals surface area contributed by atoms with Crippen molar-refractivity contribution in [2.24, 2.45) is 0 Å². The molecule has 86 valence electrons. The number of aromatic nitrogens is 1. The highest BCUT2D eigenvalue weighted by atomic mass is 32.2. The molecule has 0 saturated carbocycles. The summed E-state index contributed by atoms with van der Waals surface area (Å²) in [5, 5.41) is 3.31. The number of thiazole rings is 1. The quantitative estimate of drug-likeness (QED) is 0.826. The zero-order chi connectivity index (χ0) is 11.4. The molecule has 0 aliphatic rings. The van der Waals surface area contributed by atoms with Gasteiger partial charge in [-0.05, 0) is 25.6 Å². The molecule has 16 heavy (non-hydrogen) atoms. The SMILES string of the molecule is CCC(CSc1nc2ccccc2s1)NC. The first-order chi connectivity index (χ1) is 7.83. The van der Waals surface area contributed by atoms with E-state index >= 15 is 0 Å². The number of benzene rings is 1. The Morgan fingerprint density at radius 2 is 2.25 bits per heavy atom. The fourth-order valence-electron chi connectivity index (χ4n) is 1.49. The van der Waals surface area contributed by atoms with Gasteiger partial charge in [-0.2, -0.15) is 0 Å². The Morgan fingerprint density at radius 3 is 2.94 bits per heavy atom. The van der Waals surface area contributed by atoms with E-state index in [9.17, 15) is 0 Å². The fraction of sp³-hybridized carbons (Fsp3) is 0.417. The predicted octanol–water partition coefficient (Wildman–Crippen LogP) is 3.39. The average Bonchev–Trinajstić information content (AvgIpc) is 2.73. The van der Waals surface area contributed by atoms with Gasteiger partial charge < -0.3 is 5.32 Å². The topological polar surface area (TPSA) is 24.9 Å². The molecule has 2 rings (SSSR count). The molecule has 0 amide bonds. The molecule has 4 heteroatoms. The van der Waals surface area contributed by atoms with Crippen molar-refractivity contribution in [3.05, 3.63) is 24.3 Å². The number of hydrogen-bond donors (Lipinski definition) is 1. The largest absolute Gasteiger partial charge is 0.316 e. The molecule has 0 saturated heterocycles. The van der Waals surface area contributed by atoms with Crippen molar-refractivity contribution < 1.29 is 0 Å². The monoisotopic (exact) mass is 252 g/mol. The number of rotatable bonds is 5. The maximum absolute atomic E-state index is 4.61. The van der Waals surface area contributed by atoms with Crippen LogP contribution in [0.1, 0.15) is 13.3 Å². The van der Waals surface area contributed by atoms with Crippen LogP contribution >= 0.6 is 23.1 Å². The Balaban J connectivity index is 2.04. The molecule has 2 aromatic rings. The van der Waals surface area contributed by atoms with Crippen LogP contribution in [0.5, 0.6) is 0 Å². The van der Waals surface area contributed by atoms with E-state index in [1.165, 1.54) is 9.04 Å². The minimum atomic E-state index is 0.581. The number of nitrogens with zero attached hydrogens (tertiary/aromatic N) is 1. The van der Waals surface area contributed by atoms with Crippen molar-refractivity contribution >= 4 is 33.3 Å². The number of hydrogen-bond acceptors (Lipinski definition) is 4. The minimum Gasteiger partial charge on any atom is -0.316 e. The van der Waals surface area contributed by atoms with Gasteiger partial charge in [0.05, 0.1) is 10.2 Å². The molecule has 1 aromatic heterocycles. The number of fused-ring (bicyclic) bond motifs is 1. The Bertz CT molecular complexity index is 416. The van der Waals surface area contributed by atoms with Gasteiger partial charge in [0, 0.05) is 11.8 Å². The lowest BCUT2D eigenvalue weighted by atomic mass is 10.3. The van der Waals surface area contributed by atoms with Crippen molar-refractivity contribution in [3.8, 4) is 0 Å². The highest BCUT2D eigenvalue weighted by Crippen LogP contribution is 2.29. The van der Waals surface area contributed by atoms with Crippen LogP contribution in [-0.2, 0) is 0 Å². The molecule has 0 fully saturated rings. The van der Waals surface area contributed by atoms with Crippen LogP contribution in [0.4, 0.5) is 0 Å². The summed E-state index contributed by atoms with van der Waals surface area (Å²) in [6.45, 7) is 2.21. The van der Waals surface area contributed by atoms with E-state index in [-0.39, 0.29) is 0 Å². The summed E-state index contributed by atoms with van der Waals surface area (Å²) in [6, 6.07) is 8.89. The van der Waals surface area contributed by atoms with E-state index in [4.69, 9.17) is 0 Å². The summed E-state index contributed by atoms with van der Waals surface area (Å²) in [7, 11) is 2.02. The van der Waals surface area contributed by atoms with Crippen molar-refractivity contribution in [2.45, 2.75) is 23.7 Å². The molecule has 0 bridgehead atoms. The summed E-state index contributed by atoms with van der Waals surface area (Å²) in [5.41, 5.74) is 1.12. The predicted molar refractivity (Wildman–Crippen MR) is 73.5 cm³/mol. The normalized spacial score (nSPS) is 13.1. The highest BCUT2D eigenvalue weighted by molar-refractivity contribution is 8.01. The van der Waals surface area contributed by atoms with Gasteiger partial charge in [0.2, 0.25) is 0 Å². The first-order valence-electron chi connectivity index (χ1n) is 5.49. The van der Waals surface area contributed by atoms with Crippen LogP contribution in [-0.4, -0.2) is 23.8 Å². The van der Waals surface area contributed by atoms with Crippen molar-refractivity contribution in [3.63, 3.8) is 0 Å². The van der Waals surface area contributed by atoms with E-state index in [1.54, 1.807) is 11.3 Å². The second-order valence-corrected chi connectivity index (χ2v) is 5.95. The number of thioether (sulfide) groups is 1.